The Labute approximate surface area is 50.8 Å². The first-order valence-electron chi connectivity index (χ1n) is 2.74. The van der Waals surface area contributed by atoms with E-state index < -0.39 is 5.66 Å². The molecule has 0 spiro atoms. The van der Waals surface area contributed by atoms with Crippen LogP contribution >= 0.6 is 0 Å². The summed E-state index contributed by atoms with van der Waals surface area (Å²) in [6.45, 7) is 7.63. The van der Waals surface area contributed by atoms with Gasteiger partial charge in [-0.3, -0.25) is 4.99 Å². The van der Waals surface area contributed by atoms with E-state index in [0.717, 1.165) is 5.71 Å². The maximum atomic E-state index is 5.55. The number of hydrogen-bond acceptors (Lipinski definition) is 2. The van der Waals surface area contributed by atoms with Crippen molar-refractivity contribution in [3.05, 3.63) is 0 Å². The number of rotatable bonds is 1. The molecule has 0 aromatic carbocycles. The Morgan fingerprint density at radius 3 is 1.75 bits per heavy atom. The predicted octanol–water partition coefficient (Wildman–Crippen LogP) is 1.16. The van der Waals surface area contributed by atoms with Crippen LogP contribution in [0.2, 0.25) is 0 Å². The number of hydrogen-bond donors (Lipinski definition) is 1. The van der Waals surface area contributed by atoms with Crippen LogP contribution in [0.15, 0.2) is 4.99 Å². The molecule has 2 heteroatoms. The summed E-state index contributed by atoms with van der Waals surface area (Å²) in [5, 5.41) is 0. The predicted molar refractivity (Wildman–Crippen MR) is 37.0 cm³/mol. The van der Waals surface area contributed by atoms with Gasteiger partial charge < -0.3 is 5.73 Å². The van der Waals surface area contributed by atoms with Gasteiger partial charge in [-0.1, -0.05) is 0 Å². The molecule has 0 atom stereocenters. The van der Waals surface area contributed by atoms with Crippen LogP contribution in [-0.4, -0.2) is 11.4 Å². The standard InChI is InChI=1S/C6H14N2/c1-5(2)8-6(3,4)7/h7H2,1-4H3. The van der Waals surface area contributed by atoms with E-state index in [0.29, 0.717) is 0 Å². The van der Waals surface area contributed by atoms with Gasteiger partial charge >= 0.3 is 0 Å². The van der Waals surface area contributed by atoms with E-state index in [9.17, 15) is 0 Å². The molecular weight excluding hydrogens is 100 g/mol. The molecule has 0 radical (unpaired) electrons. The summed E-state index contributed by atoms with van der Waals surface area (Å²) >= 11 is 0. The van der Waals surface area contributed by atoms with Gasteiger partial charge in [0.25, 0.3) is 0 Å². The fourth-order valence-corrected chi connectivity index (χ4v) is 0.576. The minimum absolute atomic E-state index is 0.390. The minimum atomic E-state index is -0.390. The second-order valence-corrected chi connectivity index (χ2v) is 2.71. The molecule has 0 aliphatic carbocycles. The third-order valence-electron chi connectivity index (χ3n) is 0.512. The van der Waals surface area contributed by atoms with Gasteiger partial charge in [0.2, 0.25) is 0 Å². The second kappa shape index (κ2) is 2.27. The summed E-state index contributed by atoms with van der Waals surface area (Å²) < 4.78 is 0. The molecule has 2 N–H and O–H groups in total. The van der Waals surface area contributed by atoms with Crippen LogP contribution < -0.4 is 5.73 Å². The average Bonchev–Trinajstić information content (AvgIpc) is 1.21. The smallest absolute Gasteiger partial charge is 0.102 e. The number of aliphatic imine (C=N–C) groups is 1. The van der Waals surface area contributed by atoms with Crippen LogP contribution in [0.3, 0.4) is 0 Å². The Bertz CT molecular complexity index is 93.6. The highest BCUT2D eigenvalue weighted by Gasteiger charge is 2.04. The Hall–Kier alpha value is -0.370. The third-order valence-corrected chi connectivity index (χ3v) is 0.512. The summed E-state index contributed by atoms with van der Waals surface area (Å²) in [6.07, 6.45) is 0. The summed E-state index contributed by atoms with van der Waals surface area (Å²) in [5.74, 6) is 0. The van der Waals surface area contributed by atoms with E-state index in [2.05, 4.69) is 4.99 Å². The van der Waals surface area contributed by atoms with Crippen molar-refractivity contribution >= 4 is 5.71 Å². The van der Waals surface area contributed by atoms with Gasteiger partial charge in [0.15, 0.2) is 0 Å². The molecule has 0 saturated carbocycles. The molecular formula is C6H14N2. The molecule has 0 aromatic rings. The van der Waals surface area contributed by atoms with E-state index in [1.165, 1.54) is 0 Å². The third kappa shape index (κ3) is 5.63. The van der Waals surface area contributed by atoms with Gasteiger partial charge in [0.1, 0.15) is 5.66 Å². The van der Waals surface area contributed by atoms with Crippen LogP contribution in [0.1, 0.15) is 27.7 Å². The Kier molecular flexibility index (Phi) is 2.16. The summed E-state index contributed by atoms with van der Waals surface area (Å²) in [7, 11) is 0. The zero-order valence-corrected chi connectivity index (χ0v) is 6.02. The molecule has 0 amide bonds. The molecule has 0 unspecified atom stereocenters. The molecule has 0 heterocycles. The zero-order valence-electron chi connectivity index (χ0n) is 6.02. The van der Waals surface area contributed by atoms with E-state index in [1.807, 2.05) is 27.7 Å². The average molecular weight is 114 g/mol. The summed E-state index contributed by atoms with van der Waals surface area (Å²) in [4.78, 5) is 4.10. The van der Waals surface area contributed by atoms with E-state index >= 15 is 0 Å². The van der Waals surface area contributed by atoms with Gasteiger partial charge in [-0.05, 0) is 27.7 Å². The topological polar surface area (TPSA) is 38.4 Å². The Morgan fingerprint density at radius 2 is 1.75 bits per heavy atom. The summed E-state index contributed by atoms with van der Waals surface area (Å²) in [5.41, 5.74) is 6.18. The highest BCUT2D eigenvalue weighted by atomic mass is 15.0. The lowest BCUT2D eigenvalue weighted by Crippen LogP contribution is -2.29. The summed E-state index contributed by atoms with van der Waals surface area (Å²) in [6, 6.07) is 0. The number of nitrogens with two attached hydrogens (primary N) is 1. The normalized spacial score (nSPS) is 11.1. The first-order chi connectivity index (χ1) is 3.42. The lowest BCUT2D eigenvalue weighted by molar-refractivity contribution is 0.550. The lowest BCUT2D eigenvalue weighted by Gasteiger charge is -2.11. The molecule has 0 aromatic heterocycles. The molecule has 0 rings (SSSR count). The highest BCUT2D eigenvalue weighted by Crippen LogP contribution is 1.97. The van der Waals surface area contributed by atoms with Crippen molar-refractivity contribution in [2.75, 3.05) is 0 Å². The van der Waals surface area contributed by atoms with Crippen LogP contribution in [0.25, 0.3) is 0 Å². The maximum absolute atomic E-state index is 5.55. The highest BCUT2D eigenvalue weighted by molar-refractivity contribution is 5.79. The molecule has 8 heavy (non-hydrogen) atoms. The van der Waals surface area contributed by atoms with Crippen LogP contribution in [0.5, 0.6) is 0 Å². The number of nitrogens with zero attached hydrogens (tertiary/aromatic N) is 1. The lowest BCUT2D eigenvalue weighted by atomic mass is 10.3. The Morgan fingerprint density at radius 1 is 1.38 bits per heavy atom. The van der Waals surface area contributed by atoms with E-state index in [1.54, 1.807) is 0 Å². The van der Waals surface area contributed by atoms with E-state index in [-0.39, 0.29) is 0 Å². The second-order valence-electron chi connectivity index (χ2n) is 2.71. The van der Waals surface area contributed by atoms with Gasteiger partial charge in [-0.15, -0.1) is 0 Å². The molecule has 0 bridgehead atoms. The fraction of sp³-hybridized carbons (Fsp3) is 0.833. The van der Waals surface area contributed by atoms with Gasteiger partial charge in [-0.2, -0.15) is 0 Å². The SMILES string of the molecule is CC(C)=NC(C)(C)N. The molecule has 0 fully saturated rings. The maximum Gasteiger partial charge on any atom is 0.102 e. The van der Waals surface area contributed by atoms with Gasteiger partial charge in [0, 0.05) is 5.71 Å². The van der Waals surface area contributed by atoms with Crippen molar-refractivity contribution in [3.8, 4) is 0 Å². The van der Waals surface area contributed by atoms with Crippen molar-refractivity contribution < 1.29 is 0 Å². The van der Waals surface area contributed by atoms with Gasteiger partial charge in [-0.25, -0.2) is 0 Å². The van der Waals surface area contributed by atoms with Crippen molar-refractivity contribution in [2.24, 2.45) is 10.7 Å². The first-order valence-corrected chi connectivity index (χ1v) is 2.74. The molecule has 0 aliphatic rings. The molecule has 2 nitrogen and oxygen atoms in total. The largest absolute Gasteiger partial charge is 0.308 e. The van der Waals surface area contributed by atoms with Gasteiger partial charge in [0.05, 0.1) is 0 Å². The Balaban J connectivity index is 3.89. The molecule has 0 aliphatic heterocycles. The molecule has 0 saturated heterocycles. The van der Waals surface area contributed by atoms with Crippen LogP contribution in [0, 0.1) is 0 Å². The van der Waals surface area contributed by atoms with Crippen molar-refractivity contribution in [1.29, 1.82) is 0 Å². The first kappa shape index (κ1) is 7.63. The van der Waals surface area contributed by atoms with Crippen molar-refractivity contribution in [2.45, 2.75) is 33.4 Å². The van der Waals surface area contributed by atoms with Crippen molar-refractivity contribution in [1.82, 2.24) is 0 Å². The van der Waals surface area contributed by atoms with Crippen LogP contribution in [0.4, 0.5) is 0 Å². The van der Waals surface area contributed by atoms with Crippen LogP contribution in [-0.2, 0) is 0 Å². The van der Waals surface area contributed by atoms with Crippen molar-refractivity contribution in [3.63, 3.8) is 0 Å². The fourth-order valence-electron chi connectivity index (χ4n) is 0.576. The van der Waals surface area contributed by atoms with E-state index in [4.69, 9.17) is 5.73 Å². The quantitative estimate of drug-likeness (QED) is 0.510. The zero-order chi connectivity index (χ0) is 6.78. The molecule has 48 valence electrons. The minimum Gasteiger partial charge on any atom is -0.308 e. The monoisotopic (exact) mass is 114 g/mol.